The predicted molar refractivity (Wildman–Crippen MR) is 180 cm³/mol. The highest BCUT2D eigenvalue weighted by atomic mass is 79.9. The third kappa shape index (κ3) is 8.04. The standard InChI is InChI=1S/C15H25Br2NOSi.C15H27NOSi/c1-9(2)20(10(3)4,11(5)6)19-12-7-13(16)15(18)14(17)8-12;1-11(2)18(12(3)4,13(5)6)17-15-9-7-14(16)8-10-15/h7-11H,18H2,1-6H3;7-13H,16H2,1-6H3. The Balaban J connectivity index is 0.000000382. The van der Waals surface area contributed by atoms with Gasteiger partial charge in [0.15, 0.2) is 0 Å². The molecule has 0 amide bonds. The fourth-order valence-corrected chi connectivity index (χ4v) is 17.9. The molecule has 0 aliphatic carbocycles. The summed E-state index contributed by atoms with van der Waals surface area (Å²) in [4.78, 5) is 0. The van der Waals surface area contributed by atoms with Gasteiger partial charge in [-0.2, -0.15) is 0 Å². The molecule has 2 rings (SSSR count). The van der Waals surface area contributed by atoms with Crippen molar-refractivity contribution in [3.63, 3.8) is 0 Å². The van der Waals surface area contributed by atoms with Crippen molar-refractivity contribution < 1.29 is 8.85 Å². The van der Waals surface area contributed by atoms with Crippen LogP contribution in [-0.4, -0.2) is 16.6 Å². The summed E-state index contributed by atoms with van der Waals surface area (Å²) in [5, 5.41) is 0. The van der Waals surface area contributed by atoms with Gasteiger partial charge in [0, 0.05) is 14.6 Å². The molecule has 2 aromatic rings. The zero-order valence-electron chi connectivity index (χ0n) is 25.7. The van der Waals surface area contributed by atoms with Crippen molar-refractivity contribution in [1.29, 1.82) is 0 Å². The number of nitrogen functional groups attached to an aromatic ring is 2. The van der Waals surface area contributed by atoms with Gasteiger partial charge in [-0.3, -0.25) is 0 Å². The molecule has 2 aromatic carbocycles. The Morgan fingerprint density at radius 2 is 0.816 bits per heavy atom. The highest BCUT2D eigenvalue weighted by Crippen LogP contribution is 2.45. The highest BCUT2D eigenvalue weighted by Gasteiger charge is 2.48. The Morgan fingerprint density at radius 3 is 1.11 bits per heavy atom. The lowest BCUT2D eigenvalue weighted by Gasteiger charge is -2.42. The third-order valence-corrected chi connectivity index (χ3v) is 21.3. The van der Waals surface area contributed by atoms with Gasteiger partial charge < -0.3 is 20.3 Å². The number of benzene rings is 2. The second kappa shape index (κ2) is 14.6. The van der Waals surface area contributed by atoms with Crippen molar-refractivity contribution >= 4 is 59.9 Å². The van der Waals surface area contributed by atoms with Crippen molar-refractivity contribution in [2.24, 2.45) is 0 Å². The fraction of sp³-hybridized carbons (Fsp3) is 0.600. The summed E-state index contributed by atoms with van der Waals surface area (Å²) >= 11 is 6.99. The van der Waals surface area contributed by atoms with Crippen molar-refractivity contribution in [2.75, 3.05) is 11.5 Å². The average Bonchev–Trinajstić information content (AvgIpc) is 2.79. The van der Waals surface area contributed by atoms with Crippen molar-refractivity contribution in [2.45, 2.75) is 116 Å². The van der Waals surface area contributed by atoms with Crippen LogP contribution in [0.25, 0.3) is 0 Å². The topological polar surface area (TPSA) is 70.5 Å². The fourth-order valence-electron chi connectivity index (χ4n) is 6.27. The molecule has 0 aliphatic heterocycles. The Kier molecular flexibility index (Phi) is 13.5. The van der Waals surface area contributed by atoms with E-state index in [4.69, 9.17) is 20.3 Å². The molecular formula is C30H52Br2N2O2Si2. The molecule has 216 valence electrons. The normalized spacial score (nSPS) is 12.5. The van der Waals surface area contributed by atoms with Crippen molar-refractivity contribution in [3.05, 3.63) is 45.3 Å². The van der Waals surface area contributed by atoms with Crippen LogP contribution in [0.1, 0.15) is 83.1 Å². The minimum absolute atomic E-state index is 0.553. The first-order chi connectivity index (χ1) is 17.4. The lowest BCUT2D eigenvalue weighted by atomic mass is 10.3. The molecule has 0 aliphatic rings. The maximum Gasteiger partial charge on any atom is 0.258 e. The van der Waals surface area contributed by atoms with Crippen LogP contribution in [0, 0.1) is 0 Å². The van der Waals surface area contributed by atoms with E-state index >= 15 is 0 Å². The number of halogens is 2. The van der Waals surface area contributed by atoms with Gasteiger partial charge in [0.1, 0.15) is 11.5 Å². The number of rotatable bonds is 10. The van der Waals surface area contributed by atoms with Crippen LogP contribution in [-0.2, 0) is 0 Å². The van der Waals surface area contributed by atoms with Crippen LogP contribution in [0.15, 0.2) is 45.3 Å². The van der Waals surface area contributed by atoms with Gasteiger partial charge in [-0.15, -0.1) is 0 Å². The summed E-state index contributed by atoms with van der Waals surface area (Å²) in [7, 11) is -3.74. The number of hydrogen-bond donors (Lipinski definition) is 2. The van der Waals surface area contributed by atoms with Crippen LogP contribution in [0.3, 0.4) is 0 Å². The zero-order chi connectivity index (χ0) is 29.6. The Labute approximate surface area is 252 Å². The molecule has 0 spiro atoms. The lowest BCUT2D eigenvalue weighted by Crippen LogP contribution is -2.50. The summed E-state index contributed by atoms with van der Waals surface area (Å²) < 4.78 is 14.9. The number of hydrogen-bond acceptors (Lipinski definition) is 4. The minimum atomic E-state index is -1.91. The van der Waals surface area contributed by atoms with Gasteiger partial charge in [-0.05, 0) is 102 Å². The first kappa shape index (κ1) is 35.1. The van der Waals surface area contributed by atoms with E-state index in [-0.39, 0.29) is 0 Å². The third-order valence-electron chi connectivity index (χ3n) is 7.94. The summed E-state index contributed by atoms with van der Waals surface area (Å²) in [6.07, 6.45) is 0. The SMILES string of the molecule is CC(C)[Si](Oc1cc(Br)c(N)c(Br)c1)(C(C)C)C(C)C.CC(C)[Si](Oc1ccc(N)cc1)(C(C)C)C(C)C. The van der Waals surface area contributed by atoms with E-state index in [0.717, 1.165) is 26.1 Å². The summed E-state index contributed by atoms with van der Waals surface area (Å²) in [6, 6.07) is 11.8. The molecular weight excluding hydrogens is 636 g/mol. The minimum Gasteiger partial charge on any atom is -0.543 e. The van der Waals surface area contributed by atoms with Gasteiger partial charge >= 0.3 is 0 Å². The number of nitrogens with two attached hydrogens (primary N) is 2. The Bertz CT molecular complexity index is 943. The first-order valence-electron chi connectivity index (χ1n) is 13.9. The van der Waals surface area contributed by atoms with Crippen LogP contribution in [0.2, 0.25) is 33.2 Å². The van der Waals surface area contributed by atoms with Gasteiger partial charge in [0.05, 0.1) is 5.69 Å². The van der Waals surface area contributed by atoms with Gasteiger partial charge in [0.25, 0.3) is 16.6 Å². The van der Waals surface area contributed by atoms with Gasteiger partial charge in [-0.25, -0.2) is 0 Å². The molecule has 4 N–H and O–H groups in total. The largest absolute Gasteiger partial charge is 0.543 e. The first-order valence-corrected chi connectivity index (χ1v) is 19.8. The zero-order valence-corrected chi connectivity index (χ0v) is 30.8. The summed E-state index contributed by atoms with van der Waals surface area (Å²) in [5.74, 6) is 1.87. The smallest absolute Gasteiger partial charge is 0.258 e. The van der Waals surface area contributed by atoms with Crippen molar-refractivity contribution in [1.82, 2.24) is 0 Å². The molecule has 0 unspecified atom stereocenters. The Hall–Kier alpha value is -0.966. The second-order valence-corrected chi connectivity index (χ2v) is 24.7. The summed E-state index contributed by atoms with van der Waals surface area (Å²) in [5.41, 5.74) is 16.6. The van der Waals surface area contributed by atoms with E-state index in [9.17, 15) is 0 Å². The maximum atomic E-state index is 6.63. The average molecular weight is 689 g/mol. The number of anilines is 2. The monoisotopic (exact) mass is 686 g/mol. The van der Waals surface area contributed by atoms with Crippen LogP contribution >= 0.6 is 31.9 Å². The molecule has 38 heavy (non-hydrogen) atoms. The molecule has 0 saturated carbocycles. The second-order valence-electron chi connectivity index (χ2n) is 12.2. The predicted octanol–water partition coefficient (Wildman–Crippen LogP) is 11.2. The van der Waals surface area contributed by atoms with Crippen LogP contribution < -0.4 is 20.3 Å². The molecule has 0 heterocycles. The van der Waals surface area contributed by atoms with E-state index in [2.05, 4.69) is 115 Å². The molecule has 0 radical (unpaired) electrons. The summed E-state index contributed by atoms with van der Waals surface area (Å²) in [6.45, 7) is 27.5. The van der Waals surface area contributed by atoms with E-state index in [0.29, 0.717) is 38.9 Å². The molecule has 4 nitrogen and oxygen atoms in total. The quantitative estimate of drug-likeness (QED) is 0.193. The molecule has 0 saturated heterocycles. The van der Waals surface area contributed by atoms with Crippen molar-refractivity contribution in [3.8, 4) is 11.5 Å². The van der Waals surface area contributed by atoms with E-state index < -0.39 is 16.6 Å². The van der Waals surface area contributed by atoms with Gasteiger partial charge in [-0.1, -0.05) is 83.1 Å². The van der Waals surface area contributed by atoms with Crippen LogP contribution in [0.5, 0.6) is 11.5 Å². The van der Waals surface area contributed by atoms with Gasteiger partial charge in [0.2, 0.25) is 0 Å². The highest BCUT2D eigenvalue weighted by molar-refractivity contribution is 9.11. The molecule has 0 atom stereocenters. The maximum absolute atomic E-state index is 6.63. The van der Waals surface area contributed by atoms with E-state index in [1.54, 1.807) is 0 Å². The van der Waals surface area contributed by atoms with E-state index in [1.165, 1.54) is 0 Å². The molecule has 8 heteroatoms. The van der Waals surface area contributed by atoms with Crippen LogP contribution in [0.4, 0.5) is 11.4 Å². The molecule has 0 aromatic heterocycles. The van der Waals surface area contributed by atoms with E-state index in [1.807, 2.05) is 36.4 Å². The Morgan fingerprint density at radius 1 is 0.526 bits per heavy atom. The molecule has 0 bridgehead atoms. The molecule has 0 fully saturated rings. The lowest BCUT2D eigenvalue weighted by molar-refractivity contribution is 0.479.